The monoisotopic (exact) mass is 231 g/mol. The zero-order valence-electron chi connectivity index (χ0n) is 10.6. The molecule has 0 fully saturated rings. The lowest BCUT2D eigenvalue weighted by Crippen LogP contribution is -2.32. The highest BCUT2D eigenvalue weighted by Crippen LogP contribution is 2.36. The zero-order chi connectivity index (χ0) is 12.8. The van der Waals surface area contributed by atoms with E-state index in [0.717, 1.165) is 22.4 Å². The van der Waals surface area contributed by atoms with Gasteiger partial charge in [0.2, 0.25) is 0 Å². The van der Waals surface area contributed by atoms with Crippen LogP contribution in [0.2, 0.25) is 0 Å². The summed E-state index contributed by atoms with van der Waals surface area (Å²) in [5, 5.41) is 12.5. The third kappa shape index (κ3) is 2.05. The number of rotatable bonds is 1. The lowest BCUT2D eigenvalue weighted by molar-refractivity contribution is 0.0697. The van der Waals surface area contributed by atoms with Crippen LogP contribution in [0.5, 0.6) is 0 Å². The fourth-order valence-electron chi connectivity index (χ4n) is 2.38. The minimum Gasteiger partial charge on any atom is -0.478 e. The molecule has 0 spiro atoms. The number of carboxylic acid groups (broad SMARTS) is 1. The van der Waals surface area contributed by atoms with E-state index in [1.165, 1.54) is 0 Å². The number of hydrogen-bond donors (Lipinski definition) is 2. The minimum absolute atomic E-state index is 0.212. The van der Waals surface area contributed by atoms with Crippen LogP contribution in [0.3, 0.4) is 0 Å². The lowest BCUT2D eigenvalue weighted by Gasteiger charge is -2.32. The van der Waals surface area contributed by atoms with E-state index < -0.39 is 5.97 Å². The Bertz CT molecular complexity index is 527. The van der Waals surface area contributed by atoms with E-state index in [1.807, 2.05) is 33.8 Å². The predicted octanol–water partition coefficient (Wildman–Crippen LogP) is 3.30. The van der Waals surface area contributed by atoms with Gasteiger partial charge >= 0.3 is 5.97 Å². The van der Waals surface area contributed by atoms with Gasteiger partial charge in [-0.3, -0.25) is 0 Å². The predicted molar refractivity (Wildman–Crippen MR) is 69.5 cm³/mol. The van der Waals surface area contributed by atoms with Crippen molar-refractivity contribution in [2.45, 2.75) is 33.2 Å². The third-order valence-corrected chi connectivity index (χ3v) is 2.96. The van der Waals surface area contributed by atoms with Crippen molar-refractivity contribution in [3.05, 3.63) is 34.9 Å². The van der Waals surface area contributed by atoms with Crippen LogP contribution in [-0.2, 0) is 0 Å². The van der Waals surface area contributed by atoms with Gasteiger partial charge in [0.1, 0.15) is 0 Å². The van der Waals surface area contributed by atoms with E-state index in [1.54, 1.807) is 6.07 Å². The molecule has 1 heterocycles. The van der Waals surface area contributed by atoms with Gasteiger partial charge in [-0.15, -0.1) is 0 Å². The molecule has 0 unspecified atom stereocenters. The molecule has 0 radical (unpaired) electrons. The third-order valence-electron chi connectivity index (χ3n) is 2.96. The Hall–Kier alpha value is -1.77. The molecule has 2 N–H and O–H groups in total. The van der Waals surface area contributed by atoms with Crippen molar-refractivity contribution in [3.8, 4) is 0 Å². The molecule has 0 aromatic heterocycles. The van der Waals surface area contributed by atoms with Gasteiger partial charge in [-0.25, -0.2) is 4.79 Å². The van der Waals surface area contributed by atoms with Gasteiger partial charge in [-0.1, -0.05) is 6.08 Å². The maximum absolute atomic E-state index is 11.3. The van der Waals surface area contributed by atoms with Crippen LogP contribution in [0.25, 0.3) is 5.57 Å². The summed E-state index contributed by atoms with van der Waals surface area (Å²) in [7, 11) is 0. The Balaban J connectivity index is 2.71. The summed E-state index contributed by atoms with van der Waals surface area (Å²) in [5.74, 6) is -0.886. The topological polar surface area (TPSA) is 49.3 Å². The highest BCUT2D eigenvalue weighted by molar-refractivity contribution is 5.99. The molecule has 3 heteroatoms. The summed E-state index contributed by atoms with van der Waals surface area (Å²) in [6, 6.07) is 3.73. The molecule has 2 rings (SSSR count). The van der Waals surface area contributed by atoms with Crippen molar-refractivity contribution in [1.82, 2.24) is 0 Å². The number of carbonyl (C=O) groups is 1. The average molecular weight is 231 g/mol. The van der Waals surface area contributed by atoms with Crippen LogP contribution < -0.4 is 5.32 Å². The molecule has 0 saturated heterocycles. The maximum Gasteiger partial charge on any atom is 0.337 e. The summed E-state index contributed by atoms with van der Waals surface area (Å²) < 4.78 is 0. The molecule has 0 amide bonds. The molecule has 0 bridgehead atoms. The van der Waals surface area contributed by atoms with Gasteiger partial charge in [-0.2, -0.15) is 0 Å². The molecule has 1 aromatic carbocycles. The Morgan fingerprint density at radius 2 is 1.94 bits per heavy atom. The summed E-state index contributed by atoms with van der Waals surface area (Å²) in [6.07, 6.45) is 2.13. The Kier molecular flexibility index (Phi) is 2.49. The van der Waals surface area contributed by atoms with Crippen molar-refractivity contribution in [2.75, 3.05) is 5.32 Å². The largest absolute Gasteiger partial charge is 0.478 e. The first-order valence-corrected chi connectivity index (χ1v) is 5.66. The molecule has 1 aromatic rings. The summed E-state index contributed by atoms with van der Waals surface area (Å²) >= 11 is 0. The zero-order valence-corrected chi connectivity index (χ0v) is 10.6. The molecule has 90 valence electrons. The first-order chi connectivity index (χ1) is 7.80. The number of anilines is 1. The lowest BCUT2D eigenvalue weighted by atomic mass is 9.88. The quantitative estimate of drug-likeness (QED) is 0.779. The van der Waals surface area contributed by atoms with E-state index >= 15 is 0 Å². The molecule has 0 saturated carbocycles. The van der Waals surface area contributed by atoms with Gasteiger partial charge in [0.15, 0.2) is 0 Å². The van der Waals surface area contributed by atoms with Crippen LogP contribution >= 0.6 is 0 Å². The molecule has 1 aliphatic heterocycles. The van der Waals surface area contributed by atoms with Crippen molar-refractivity contribution >= 4 is 17.2 Å². The Morgan fingerprint density at radius 1 is 1.29 bits per heavy atom. The number of nitrogens with one attached hydrogen (secondary N) is 1. The second kappa shape index (κ2) is 3.62. The summed E-state index contributed by atoms with van der Waals surface area (Å²) in [4.78, 5) is 11.3. The number of allylic oxidation sites excluding steroid dienone is 1. The van der Waals surface area contributed by atoms with Gasteiger partial charge < -0.3 is 10.4 Å². The summed E-state index contributed by atoms with van der Waals surface area (Å²) in [6.45, 7) is 8.00. The molecule has 0 aliphatic carbocycles. The fourth-order valence-corrected chi connectivity index (χ4v) is 2.38. The second-order valence-electron chi connectivity index (χ2n) is 5.21. The molecule has 17 heavy (non-hydrogen) atoms. The van der Waals surface area contributed by atoms with Crippen molar-refractivity contribution in [2.24, 2.45) is 0 Å². The maximum atomic E-state index is 11.3. The fraction of sp³-hybridized carbons (Fsp3) is 0.357. The number of aromatic carboxylic acids is 1. The van der Waals surface area contributed by atoms with Crippen molar-refractivity contribution < 1.29 is 9.90 Å². The van der Waals surface area contributed by atoms with Crippen LogP contribution in [0, 0.1) is 6.92 Å². The number of hydrogen-bond acceptors (Lipinski definition) is 2. The summed E-state index contributed by atoms with van der Waals surface area (Å²) in [5.41, 5.74) is 3.94. The highest BCUT2D eigenvalue weighted by atomic mass is 16.4. The van der Waals surface area contributed by atoms with E-state index in [-0.39, 0.29) is 5.54 Å². The van der Waals surface area contributed by atoms with Crippen molar-refractivity contribution in [3.63, 3.8) is 0 Å². The van der Waals surface area contributed by atoms with Crippen LogP contribution in [-0.4, -0.2) is 16.6 Å². The number of aryl methyl sites for hydroxylation is 1. The van der Waals surface area contributed by atoms with Crippen LogP contribution in [0.15, 0.2) is 18.2 Å². The molecule has 3 nitrogen and oxygen atoms in total. The van der Waals surface area contributed by atoms with E-state index in [4.69, 9.17) is 0 Å². The SMILES string of the molecule is CC1=CC(C)(C)Nc2c(C(=O)O)cc(C)cc21. The number of fused-ring (bicyclic) bond motifs is 1. The van der Waals surface area contributed by atoms with Gasteiger partial charge in [0, 0.05) is 5.56 Å². The first kappa shape index (κ1) is 11.7. The molecular formula is C14H17NO2. The second-order valence-corrected chi connectivity index (χ2v) is 5.21. The minimum atomic E-state index is -0.886. The number of carboxylic acids is 1. The van der Waals surface area contributed by atoms with Crippen LogP contribution in [0.1, 0.15) is 42.3 Å². The molecule has 1 aliphatic rings. The van der Waals surface area contributed by atoms with E-state index in [9.17, 15) is 9.90 Å². The van der Waals surface area contributed by atoms with Gasteiger partial charge in [-0.05, 0) is 51.0 Å². The smallest absolute Gasteiger partial charge is 0.337 e. The van der Waals surface area contributed by atoms with Gasteiger partial charge in [0.25, 0.3) is 0 Å². The Morgan fingerprint density at radius 3 is 2.53 bits per heavy atom. The Labute approximate surface area is 101 Å². The standard InChI is InChI=1S/C14H17NO2/c1-8-5-10-9(2)7-14(3,4)15-12(10)11(6-8)13(16)17/h5-7,15H,1-4H3,(H,16,17). The normalized spacial score (nSPS) is 16.8. The number of benzene rings is 1. The van der Waals surface area contributed by atoms with Crippen molar-refractivity contribution in [1.29, 1.82) is 0 Å². The van der Waals surface area contributed by atoms with Gasteiger partial charge in [0.05, 0.1) is 16.8 Å². The van der Waals surface area contributed by atoms with E-state index in [2.05, 4.69) is 11.4 Å². The highest BCUT2D eigenvalue weighted by Gasteiger charge is 2.26. The van der Waals surface area contributed by atoms with Crippen LogP contribution in [0.4, 0.5) is 5.69 Å². The average Bonchev–Trinajstić information content (AvgIpc) is 2.17. The first-order valence-electron chi connectivity index (χ1n) is 5.66. The molecular weight excluding hydrogens is 214 g/mol. The molecule has 0 atom stereocenters. The van der Waals surface area contributed by atoms with E-state index in [0.29, 0.717) is 5.56 Å².